The number of benzene rings is 1. The molecule has 11 nitrogen and oxygen atoms in total. The molecule has 1 aromatic carbocycles. The van der Waals surface area contributed by atoms with Gasteiger partial charge in [-0.15, -0.1) is 0 Å². The van der Waals surface area contributed by atoms with Gasteiger partial charge in [0.2, 0.25) is 5.78 Å². The van der Waals surface area contributed by atoms with Gasteiger partial charge in [-0.05, 0) is 78.9 Å². The Morgan fingerprint density at radius 1 is 1.12 bits per heavy atom. The fourth-order valence-electron chi connectivity index (χ4n) is 7.30. The first-order chi connectivity index (χ1) is 19.2. The summed E-state index contributed by atoms with van der Waals surface area (Å²) < 4.78 is 16.0. The van der Waals surface area contributed by atoms with Gasteiger partial charge < -0.3 is 31.1 Å². The van der Waals surface area contributed by atoms with Gasteiger partial charge in [-0.3, -0.25) is 24.2 Å². The van der Waals surface area contributed by atoms with Gasteiger partial charge in [0, 0.05) is 35.2 Å². The van der Waals surface area contributed by atoms with E-state index in [9.17, 15) is 34.8 Å². The van der Waals surface area contributed by atoms with Gasteiger partial charge in [0.25, 0.3) is 5.91 Å². The van der Waals surface area contributed by atoms with Crippen molar-refractivity contribution in [1.82, 2.24) is 14.7 Å². The number of likely N-dealkylation sites (N-methyl/N-ethyl adjacent to an activating group) is 1. The Kier molecular flexibility index (Phi) is 7.26. The van der Waals surface area contributed by atoms with E-state index in [0.29, 0.717) is 6.04 Å². The van der Waals surface area contributed by atoms with Gasteiger partial charge in [-0.25, -0.2) is 4.39 Å². The van der Waals surface area contributed by atoms with Gasteiger partial charge >= 0.3 is 0 Å². The highest BCUT2D eigenvalue weighted by Crippen LogP contribution is 2.53. The Balaban J connectivity index is 1.56. The number of nitrogens with two attached hydrogens (primary N) is 1. The monoisotopic (exact) mass is 572 g/mol. The second kappa shape index (κ2) is 10.2. The van der Waals surface area contributed by atoms with Crippen molar-refractivity contribution in [3.05, 3.63) is 45.5 Å². The number of aromatic hydroxyl groups is 1. The molecule has 12 heteroatoms. The van der Waals surface area contributed by atoms with E-state index in [1.807, 2.05) is 14.1 Å². The second-order valence-electron chi connectivity index (χ2n) is 12.2. The summed E-state index contributed by atoms with van der Waals surface area (Å²) in [7, 11) is 7.12. The van der Waals surface area contributed by atoms with Crippen LogP contribution >= 0.6 is 0 Å². The predicted molar refractivity (Wildman–Crippen MR) is 146 cm³/mol. The number of fused-ring (bicyclic) bond motifs is 3. The molecule has 3 aliphatic carbocycles. The summed E-state index contributed by atoms with van der Waals surface area (Å²) in [6.07, 6.45) is 1.69. The van der Waals surface area contributed by atoms with Crippen molar-refractivity contribution in [3.63, 3.8) is 0 Å². The third-order valence-electron chi connectivity index (χ3n) is 9.41. The SMILES string of the molecule is CN(C)C1CCN(Cc2cc(O)c3c(c2F)C[C@H]2C[C@H]4[C@H](N(C)C)C(=O)C(C(N)=O)=C(O)[C@@]4(O)C(=O)C2=C3O)CC1. The lowest BCUT2D eigenvalue weighted by Gasteiger charge is -2.50. The topological polar surface area (TPSA) is 168 Å². The average Bonchev–Trinajstić information content (AvgIpc) is 2.89. The number of hydrogen-bond acceptors (Lipinski definition) is 10. The van der Waals surface area contributed by atoms with Crippen LogP contribution < -0.4 is 5.73 Å². The van der Waals surface area contributed by atoms with Crippen LogP contribution in [0.15, 0.2) is 23.0 Å². The smallest absolute Gasteiger partial charge is 0.255 e. The van der Waals surface area contributed by atoms with E-state index in [-0.39, 0.29) is 41.6 Å². The van der Waals surface area contributed by atoms with E-state index in [0.717, 1.165) is 25.9 Å². The molecule has 4 aliphatic rings. The molecule has 0 spiro atoms. The van der Waals surface area contributed by atoms with E-state index in [1.54, 1.807) is 0 Å². The summed E-state index contributed by atoms with van der Waals surface area (Å²) >= 11 is 0. The summed E-state index contributed by atoms with van der Waals surface area (Å²) in [6, 6.07) is 0.502. The number of aliphatic hydroxyl groups excluding tert-OH is 2. The molecule has 1 saturated heterocycles. The van der Waals surface area contributed by atoms with Crippen LogP contribution in [-0.4, -0.2) is 112 Å². The molecule has 222 valence electrons. The van der Waals surface area contributed by atoms with Crippen molar-refractivity contribution in [2.45, 2.75) is 49.9 Å². The van der Waals surface area contributed by atoms with Crippen LogP contribution in [0, 0.1) is 17.7 Å². The van der Waals surface area contributed by atoms with Crippen molar-refractivity contribution in [1.29, 1.82) is 0 Å². The maximum Gasteiger partial charge on any atom is 0.255 e. The first kappa shape index (κ1) is 29.2. The van der Waals surface area contributed by atoms with Crippen LogP contribution in [-0.2, 0) is 27.3 Å². The van der Waals surface area contributed by atoms with E-state index < -0.39 is 69.6 Å². The molecule has 0 bridgehead atoms. The summed E-state index contributed by atoms with van der Waals surface area (Å²) in [4.78, 5) is 44.8. The Morgan fingerprint density at radius 3 is 2.32 bits per heavy atom. The van der Waals surface area contributed by atoms with E-state index in [1.165, 1.54) is 25.1 Å². The zero-order valence-electron chi connectivity index (χ0n) is 23.6. The summed E-state index contributed by atoms with van der Waals surface area (Å²) in [5, 5.41) is 44.7. The number of carbonyl (C=O) groups excluding carboxylic acids is 3. The fraction of sp³-hybridized carbons (Fsp3) is 0.552. The molecule has 1 heterocycles. The van der Waals surface area contributed by atoms with E-state index in [2.05, 4.69) is 9.80 Å². The maximum absolute atomic E-state index is 16.0. The average molecular weight is 573 g/mol. The molecule has 0 aromatic heterocycles. The van der Waals surface area contributed by atoms with Gasteiger partial charge in [0.15, 0.2) is 11.4 Å². The molecule has 4 atom stereocenters. The van der Waals surface area contributed by atoms with E-state index in [4.69, 9.17) is 5.73 Å². The molecule has 0 radical (unpaired) electrons. The van der Waals surface area contributed by atoms with Crippen molar-refractivity contribution in [2.75, 3.05) is 41.3 Å². The van der Waals surface area contributed by atoms with E-state index >= 15 is 4.39 Å². The minimum atomic E-state index is -2.72. The van der Waals surface area contributed by atoms with Crippen molar-refractivity contribution < 1.29 is 39.2 Å². The van der Waals surface area contributed by atoms with Crippen LogP contribution in [0.4, 0.5) is 4.39 Å². The number of likely N-dealkylation sites (tertiary alicyclic amines) is 1. The molecule has 41 heavy (non-hydrogen) atoms. The number of carbonyl (C=O) groups is 3. The van der Waals surface area contributed by atoms with Crippen LogP contribution in [0.3, 0.4) is 0 Å². The number of rotatable bonds is 5. The number of aliphatic hydroxyl groups is 3. The lowest BCUT2D eigenvalue weighted by molar-refractivity contribution is -0.153. The molecule has 0 unspecified atom stereocenters. The number of piperidine rings is 1. The number of amides is 1. The lowest BCUT2D eigenvalue weighted by Crippen LogP contribution is -2.65. The molecule has 6 N–H and O–H groups in total. The number of ketones is 2. The van der Waals surface area contributed by atoms with Gasteiger partial charge in [0.1, 0.15) is 28.7 Å². The molecule has 5 rings (SSSR count). The summed E-state index contributed by atoms with van der Waals surface area (Å²) in [5.74, 6) is -8.14. The quantitative estimate of drug-likeness (QED) is 0.316. The molecule has 1 aromatic rings. The van der Waals surface area contributed by atoms with Gasteiger partial charge in [-0.1, -0.05) is 0 Å². The highest BCUT2D eigenvalue weighted by molar-refractivity contribution is 6.24. The standard InChI is InChI=1S/C29H37FN4O7/c1-32(2)15-5-7-34(8-6-15)12-14-11-18(35)20-16(22(14)30)9-13-10-17-23(33(3)4)25(37)21(28(31)40)27(39)29(17,41)26(38)19(13)24(20)36/h11,13,15,17,23,35-36,39,41H,5-10,12H2,1-4H3,(H2,31,40)/t13-,17-,23-,29-/m0/s1. The number of primary amides is 1. The van der Waals surface area contributed by atoms with Crippen LogP contribution in [0.5, 0.6) is 5.75 Å². The number of phenolic OH excluding ortho intramolecular Hbond substituents is 1. The molecular weight excluding hydrogens is 535 g/mol. The van der Waals surface area contributed by atoms with Gasteiger partial charge in [0.05, 0.1) is 11.6 Å². The zero-order valence-corrected chi connectivity index (χ0v) is 23.6. The summed E-state index contributed by atoms with van der Waals surface area (Å²) in [5.41, 5.74) is 1.51. The van der Waals surface area contributed by atoms with Crippen LogP contribution in [0.2, 0.25) is 0 Å². The molecule has 1 aliphatic heterocycles. The number of phenols is 1. The Labute approximate surface area is 237 Å². The predicted octanol–water partition coefficient (Wildman–Crippen LogP) is 0.629. The number of hydrogen-bond donors (Lipinski definition) is 5. The first-order valence-corrected chi connectivity index (χ1v) is 13.8. The minimum Gasteiger partial charge on any atom is -0.508 e. The normalized spacial score (nSPS) is 29.2. The number of halogens is 1. The Bertz CT molecular complexity index is 1400. The zero-order chi connectivity index (χ0) is 30.1. The number of nitrogens with zero attached hydrogens (tertiary/aromatic N) is 3. The Hall–Kier alpha value is -3.32. The van der Waals surface area contributed by atoms with Crippen molar-refractivity contribution in [2.24, 2.45) is 17.6 Å². The van der Waals surface area contributed by atoms with Gasteiger partial charge in [-0.2, -0.15) is 0 Å². The molecule has 1 saturated carbocycles. The minimum absolute atomic E-state index is 0.0498. The molecule has 2 fully saturated rings. The largest absolute Gasteiger partial charge is 0.508 e. The van der Waals surface area contributed by atoms with Crippen LogP contribution in [0.25, 0.3) is 5.76 Å². The highest BCUT2D eigenvalue weighted by atomic mass is 19.1. The highest BCUT2D eigenvalue weighted by Gasteiger charge is 2.64. The third-order valence-corrected chi connectivity index (χ3v) is 9.41. The number of Topliss-reactive ketones (excluding diaryl/α,β-unsaturated/α-hetero) is 2. The first-order valence-electron chi connectivity index (χ1n) is 13.8. The summed E-state index contributed by atoms with van der Waals surface area (Å²) in [6.45, 7) is 1.79. The van der Waals surface area contributed by atoms with Crippen molar-refractivity contribution in [3.8, 4) is 5.75 Å². The second-order valence-corrected chi connectivity index (χ2v) is 12.2. The fourth-order valence-corrected chi connectivity index (χ4v) is 7.30. The Morgan fingerprint density at radius 2 is 1.76 bits per heavy atom. The molecule has 1 amide bonds. The molecular formula is C29H37FN4O7. The lowest BCUT2D eigenvalue weighted by atomic mass is 9.57. The maximum atomic E-state index is 16.0. The van der Waals surface area contributed by atoms with Crippen LogP contribution in [0.1, 0.15) is 36.0 Å². The van der Waals surface area contributed by atoms with Crippen molar-refractivity contribution >= 4 is 23.2 Å². The third kappa shape index (κ3) is 4.35.